The van der Waals surface area contributed by atoms with E-state index in [1.54, 1.807) is 23.7 Å². The maximum atomic E-state index is 4.66. The van der Waals surface area contributed by atoms with Crippen LogP contribution in [0, 0.1) is 0 Å². The summed E-state index contributed by atoms with van der Waals surface area (Å²) < 4.78 is 2.38. The second-order valence-electron chi connectivity index (χ2n) is 4.31. The molecule has 2 aliphatic rings. The number of hydrogen-bond acceptors (Lipinski definition) is 5. The predicted molar refractivity (Wildman–Crippen MR) is 75.2 cm³/mol. The summed E-state index contributed by atoms with van der Waals surface area (Å²) in [5, 5.41) is 3.01. The van der Waals surface area contributed by atoms with Crippen molar-refractivity contribution in [3.05, 3.63) is 17.2 Å². The highest BCUT2D eigenvalue weighted by atomic mass is 32.2. The van der Waals surface area contributed by atoms with Crippen LogP contribution in [0.4, 0.5) is 5.82 Å². The van der Waals surface area contributed by atoms with Gasteiger partial charge in [-0.2, -0.15) is 0 Å². The summed E-state index contributed by atoms with van der Waals surface area (Å²) in [6.07, 6.45) is 11.3. The first-order valence-corrected chi connectivity index (χ1v) is 7.98. The maximum absolute atomic E-state index is 4.66. The molecule has 1 aliphatic carbocycles. The fourth-order valence-corrected chi connectivity index (χ4v) is 3.68. The lowest BCUT2D eigenvalue weighted by Gasteiger charge is -2.30. The van der Waals surface area contributed by atoms with E-state index >= 15 is 0 Å². The molecule has 1 aromatic heterocycles. The van der Waals surface area contributed by atoms with Gasteiger partial charge in [0, 0.05) is 17.8 Å². The van der Waals surface area contributed by atoms with Gasteiger partial charge in [-0.15, -0.1) is 0 Å². The Hall–Kier alpha value is -0.680. The van der Waals surface area contributed by atoms with Crippen LogP contribution in [0.1, 0.15) is 31.2 Å². The van der Waals surface area contributed by atoms with E-state index in [2.05, 4.69) is 25.8 Å². The van der Waals surface area contributed by atoms with Crippen molar-refractivity contribution >= 4 is 35.6 Å². The van der Waals surface area contributed by atoms with Crippen LogP contribution in [-0.2, 0) is 0 Å². The average molecular weight is 265 g/mol. The van der Waals surface area contributed by atoms with Gasteiger partial charge in [0.2, 0.25) is 0 Å². The molecule has 0 unspecified atom stereocenters. The van der Waals surface area contributed by atoms with Crippen molar-refractivity contribution in [3.8, 4) is 0 Å². The molecule has 0 aromatic carbocycles. The molecule has 1 aromatic rings. The van der Waals surface area contributed by atoms with Crippen molar-refractivity contribution in [2.24, 2.45) is 0 Å². The molecule has 0 N–H and O–H groups in total. The second kappa shape index (κ2) is 4.90. The minimum atomic E-state index is 0.647. The van der Waals surface area contributed by atoms with Crippen LogP contribution in [0.25, 0.3) is 6.08 Å². The summed E-state index contributed by atoms with van der Waals surface area (Å²) in [4.78, 5) is 9.00. The maximum Gasteiger partial charge on any atom is 0.189 e. The van der Waals surface area contributed by atoms with Gasteiger partial charge in [-0.05, 0) is 42.5 Å². The smallest absolute Gasteiger partial charge is 0.189 e. The highest BCUT2D eigenvalue weighted by Crippen LogP contribution is 2.38. The van der Waals surface area contributed by atoms with Gasteiger partial charge in [0.05, 0.1) is 0 Å². The summed E-state index contributed by atoms with van der Waals surface area (Å²) in [7, 11) is 0. The Morgan fingerprint density at radius 1 is 1.41 bits per heavy atom. The molecule has 1 saturated carbocycles. The fraction of sp³-hybridized carbons (Fsp3) is 0.500. The van der Waals surface area contributed by atoms with Crippen molar-refractivity contribution in [3.63, 3.8) is 0 Å². The lowest BCUT2D eigenvalue weighted by atomic mass is 10.2. The van der Waals surface area contributed by atoms with E-state index in [1.807, 2.05) is 12.5 Å². The Morgan fingerprint density at radius 2 is 2.24 bits per heavy atom. The zero-order valence-corrected chi connectivity index (χ0v) is 11.4. The van der Waals surface area contributed by atoms with Crippen molar-refractivity contribution in [1.82, 2.24) is 9.97 Å². The van der Waals surface area contributed by atoms with E-state index in [-0.39, 0.29) is 0 Å². The summed E-state index contributed by atoms with van der Waals surface area (Å²) in [5.41, 5.74) is 1.15. The molecule has 17 heavy (non-hydrogen) atoms. The number of anilines is 1. The molecule has 0 spiro atoms. The standard InChI is InChI=1S/C12H15N3S2/c1-16-12-13-8-9-6-7-17-15(11(9)14-12)10-4-2-3-5-10/h6-8,10H,2-5H2,1H3. The van der Waals surface area contributed by atoms with Crippen LogP contribution < -0.4 is 4.31 Å². The average Bonchev–Trinajstić information content (AvgIpc) is 2.91. The number of thioether (sulfide) groups is 1. The first-order valence-electron chi connectivity index (χ1n) is 5.92. The zero-order valence-electron chi connectivity index (χ0n) is 9.80. The molecular formula is C12H15N3S2. The topological polar surface area (TPSA) is 29.0 Å². The molecule has 5 heteroatoms. The molecule has 0 radical (unpaired) electrons. The van der Waals surface area contributed by atoms with Crippen molar-refractivity contribution in [2.75, 3.05) is 10.6 Å². The third-order valence-corrected chi connectivity index (χ3v) is 4.76. The monoisotopic (exact) mass is 265 g/mol. The zero-order chi connectivity index (χ0) is 11.7. The Balaban J connectivity index is 1.96. The van der Waals surface area contributed by atoms with E-state index in [4.69, 9.17) is 0 Å². The van der Waals surface area contributed by atoms with E-state index in [9.17, 15) is 0 Å². The molecule has 2 heterocycles. The summed E-state index contributed by atoms with van der Waals surface area (Å²) in [6, 6.07) is 0.647. The van der Waals surface area contributed by atoms with E-state index < -0.39 is 0 Å². The van der Waals surface area contributed by atoms with Crippen LogP contribution in [-0.4, -0.2) is 22.3 Å². The lowest BCUT2D eigenvalue weighted by molar-refractivity contribution is 0.699. The van der Waals surface area contributed by atoms with Crippen LogP contribution in [0.15, 0.2) is 16.8 Å². The Labute approximate surface area is 110 Å². The molecule has 0 amide bonds. The largest absolute Gasteiger partial charge is 0.293 e. The highest BCUT2D eigenvalue weighted by Gasteiger charge is 2.27. The van der Waals surface area contributed by atoms with Crippen LogP contribution >= 0.6 is 23.7 Å². The summed E-state index contributed by atoms with van der Waals surface area (Å²) >= 11 is 3.38. The number of rotatable bonds is 2. The van der Waals surface area contributed by atoms with E-state index in [1.165, 1.54) is 25.7 Å². The number of fused-ring (bicyclic) bond motifs is 1. The van der Waals surface area contributed by atoms with Gasteiger partial charge in [-0.1, -0.05) is 24.6 Å². The predicted octanol–water partition coefficient (Wildman–Crippen LogP) is 3.58. The van der Waals surface area contributed by atoms with Gasteiger partial charge in [0.15, 0.2) is 11.0 Å². The fourth-order valence-electron chi connectivity index (χ4n) is 2.38. The SMILES string of the molecule is CSc1ncc2c(n1)N(C1CCCC1)SC=C2. The normalized spacial score (nSPS) is 19.7. The van der Waals surface area contributed by atoms with Crippen LogP contribution in [0.2, 0.25) is 0 Å². The first-order chi connectivity index (χ1) is 8.38. The second-order valence-corrected chi connectivity index (χ2v) is 5.96. The summed E-state index contributed by atoms with van der Waals surface area (Å²) in [5.74, 6) is 1.10. The third kappa shape index (κ3) is 2.18. The van der Waals surface area contributed by atoms with Crippen LogP contribution in [0.3, 0.4) is 0 Å². The van der Waals surface area contributed by atoms with Crippen LogP contribution in [0.5, 0.6) is 0 Å². The molecule has 1 aliphatic heterocycles. The minimum Gasteiger partial charge on any atom is -0.293 e. The molecule has 0 bridgehead atoms. The van der Waals surface area contributed by atoms with E-state index in [0.29, 0.717) is 6.04 Å². The van der Waals surface area contributed by atoms with Gasteiger partial charge in [0.1, 0.15) is 0 Å². The third-order valence-electron chi connectivity index (χ3n) is 3.24. The summed E-state index contributed by atoms with van der Waals surface area (Å²) in [6.45, 7) is 0. The van der Waals surface area contributed by atoms with E-state index in [0.717, 1.165) is 16.5 Å². The minimum absolute atomic E-state index is 0.647. The van der Waals surface area contributed by atoms with Gasteiger partial charge in [-0.3, -0.25) is 4.31 Å². The Morgan fingerprint density at radius 3 is 3.00 bits per heavy atom. The Kier molecular flexibility index (Phi) is 3.29. The molecule has 3 rings (SSSR count). The molecule has 90 valence electrons. The molecule has 0 atom stereocenters. The first kappa shape index (κ1) is 11.4. The van der Waals surface area contributed by atoms with Gasteiger partial charge < -0.3 is 0 Å². The van der Waals surface area contributed by atoms with Crippen molar-refractivity contribution in [2.45, 2.75) is 36.9 Å². The molecule has 3 nitrogen and oxygen atoms in total. The number of nitrogens with zero attached hydrogens (tertiary/aromatic N) is 3. The molecule has 1 fully saturated rings. The number of hydrogen-bond donors (Lipinski definition) is 0. The van der Waals surface area contributed by atoms with Crippen molar-refractivity contribution in [1.29, 1.82) is 0 Å². The lowest BCUT2D eigenvalue weighted by Crippen LogP contribution is -2.28. The molecule has 0 saturated heterocycles. The van der Waals surface area contributed by atoms with Gasteiger partial charge in [-0.25, -0.2) is 9.97 Å². The van der Waals surface area contributed by atoms with Crippen molar-refractivity contribution < 1.29 is 0 Å². The number of aromatic nitrogens is 2. The molecular weight excluding hydrogens is 250 g/mol. The van der Waals surface area contributed by atoms with Gasteiger partial charge >= 0.3 is 0 Å². The van der Waals surface area contributed by atoms with Gasteiger partial charge in [0.25, 0.3) is 0 Å². The quantitative estimate of drug-likeness (QED) is 0.463. The highest BCUT2D eigenvalue weighted by molar-refractivity contribution is 8.03. The Bertz CT molecular complexity index is 441.